The first-order chi connectivity index (χ1) is 68.5. The summed E-state index contributed by atoms with van der Waals surface area (Å²) in [6.07, 6.45) is 7.85. The Balaban J connectivity index is 0.000000107. The Morgan fingerprint density at radius 1 is 0.123 bits per heavy atom. The van der Waals surface area contributed by atoms with E-state index in [0.717, 1.165) is 95.3 Å². The number of hydrogen-bond acceptors (Lipinski definition) is 4. The van der Waals surface area contributed by atoms with Gasteiger partial charge in [0, 0.05) is 116 Å². The molecule has 28 rings (SSSR count). The minimum atomic E-state index is 0.655. The molecule has 10 heteroatoms. The lowest BCUT2D eigenvalue weighted by Crippen LogP contribution is -2.04. The van der Waals surface area contributed by atoms with Crippen molar-refractivity contribution in [1.82, 2.24) is 47.3 Å². The van der Waals surface area contributed by atoms with Gasteiger partial charge in [-0.2, -0.15) is 0 Å². The van der Waals surface area contributed by atoms with Crippen LogP contribution in [0.5, 0.6) is 0 Å². The molecular weight excluding hydrogens is 1680 g/mol. The molecule has 646 valence electrons. The van der Waals surface area contributed by atoms with Gasteiger partial charge in [-0.15, -0.1) is 0 Å². The van der Waals surface area contributed by atoms with Gasteiger partial charge in [0.1, 0.15) is 0 Å². The van der Waals surface area contributed by atoms with Crippen LogP contribution in [0.25, 0.3) is 243 Å². The van der Waals surface area contributed by atoms with E-state index in [4.69, 9.17) is 19.9 Å². The highest BCUT2D eigenvalue weighted by atomic mass is 15.2. The molecule has 138 heavy (non-hydrogen) atoms. The summed E-state index contributed by atoms with van der Waals surface area (Å²) < 4.78 is 14.2. The zero-order chi connectivity index (χ0) is 91.1. The van der Waals surface area contributed by atoms with Crippen LogP contribution in [0.15, 0.2) is 510 Å². The van der Waals surface area contributed by atoms with Crippen molar-refractivity contribution in [3.63, 3.8) is 0 Å². The predicted molar refractivity (Wildman–Crippen MR) is 575 cm³/mol. The number of pyridine rings is 2. The van der Waals surface area contributed by atoms with E-state index in [0.29, 0.717) is 5.95 Å². The first kappa shape index (κ1) is 80.2. The average molecular weight is 1760 g/mol. The molecule has 0 aliphatic heterocycles. The molecule has 28 aromatic rings. The summed E-state index contributed by atoms with van der Waals surface area (Å²) in [5.41, 5.74) is 35.1. The zero-order valence-corrected chi connectivity index (χ0v) is 75.0. The van der Waals surface area contributed by atoms with Gasteiger partial charge in [-0.05, 0) is 178 Å². The van der Waals surface area contributed by atoms with E-state index in [2.05, 4.69) is 495 Å². The minimum Gasteiger partial charge on any atom is -0.309 e. The Kier molecular flexibility index (Phi) is 19.7. The van der Waals surface area contributed by atoms with E-state index in [-0.39, 0.29) is 0 Å². The predicted octanol–water partition coefficient (Wildman–Crippen LogP) is 32.9. The molecule has 0 saturated carbocycles. The molecule has 0 atom stereocenters. The Morgan fingerprint density at radius 2 is 0.355 bits per heavy atom. The van der Waals surface area contributed by atoms with E-state index < -0.39 is 0 Å². The normalized spacial score (nSPS) is 11.6. The Hall–Kier alpha value is -18.6. The number of hydrogen-bond donors (Lipinski definition) is 0. The van der Waals surface area contributed by atoms with Gasteiger partial charge in [-0.25, -0.2) is 9.97 Å². The molecule has 10 nitrogen and oxygen atoms in total. The van der Waals surface area contributed by atoms with Crippen LogP contribution in [-0.4, -0.2) is 47.3 Å². The maximum absolute atomic E-state index is 5.21. The van der Waals surface area contributed by atoms with E-state index in [1.165, 1.54) is 142 Å². The van der Waals surface area contributed by atoms with Crippen molar-refractivity contribution in [3.05, 3.63) is 510 Å². The number of nitrogens with zero attached hydrogens (tertiary/aromatic N) is 10. The lowest BCUT2D eigenvalue weighted by atomic mass is 9.98. The first-order valence-corrected chi connectivity index (χ1v) is 46.9. The molecule has 9 aromatic heterocycles. The summed E-state index contributed by atoms with van der Waals surface area (Å²) in [4.78, 5) is 19.9. The summed E-state index contributed by atoms with van der Waals surface area (Å²) in [5, 5.41) is 14.5. The van der Waals surface area contributed by atoms with Gasteiger partial charge in [0.05, 0.1) is 101 Å². The van der Waals surface area contributed by atoms with Gasteiger partial charge in [0.2, 0.25) is 5.95 Å². The second-order valence-electron chi connectivity index (χ2n) is 35.3. The SMILES string of the molecule is c1ccc(-c2cc(-c3ccccc3)nc(-n3c4ccccc4c4cc5c(cc43)c3ccccc3n5-c3ccccc3)n2)cc1.c1ccc(-c2cccc(-n3c4ccccc4c4cc5c(cc43)c3ccccc3n5-c3cncc(-c4ccccc4)c3)c2)cc1.c1ccc(-c2cncc(-n3c4ccccc4c4cc5c(cc43)c3ccccc3n5-c3cc(-c4ccccc4)cc(-c4ccccc4)c3)c2)cc1. The summed E-state index contributed by atoms with van der Waals surface area (Å²) in [6.45, 7) is 0. The second kappa shape index (κ2) is 33.9. The third kappa shape index (κ3) is 14.0. The van der Waals surface area contributed by atoms with E-state index in [1.807, 2.05) is 43.0 Å². The topological polar surface area (TPSA) is 81.1 Å². The summed E-state index contributed by atoms with van der Waals surface area (Å²) in [7, 11) is 0. The van der Waals surface area contributed by atoms with Gasteiger partial charge in [-0.1, -0.05) is 352 Å². The molecule has 0 spiro atoms. The van der Waals surface area contributed by atoms with Crippen LogP contribution in [0.2, 0.25) is 0 Å². The van der Waals surface area contributed by atoms with Crippen molar-refractivity contribution in [3.8, 4) is 113 Å². The van der Waals surface area contributed by atoms with Crippen molar-refractivity contribution < 1.29 is 0 Å². The van der Waals surface area contributed by atoms with Crippen LogP contribution in [0, 0.1) is 0 Å². The number of para-hydroxylation sites is 7. The number of rotatable bonds is 13. The van der Waals surface area contributed by atoms with E-state index in [9.17, 15) is 0 Å². The third-order valence-corrected chi connectivity index (χ3v) is 27.2. The minimum absolute atomic E-state index is 0.655. The molecule has 0 aliphatic carbocycles. The van der Waals surface area contributed by atoms with Gasteiger partial charge < -0.3 is 22.8 Å². The van der Waals surface area contributed by atoms with Crippen molar-refractivity contribution in [2.24, 2.45) is 0 Å². The highest BCUT2D eigenvalue weighted by Crippen LogP contribution is 2.47. The van der Waals surface area contributed by atoms with Crippen LogP contribution in [0.3, 0.4) is 0 Å². The fourth-order valence-corrected chi connectivity index (χ4v) is 21.0. The molecule has 0 radical (unpaired) electrons. The molecule has 0 bridgehead atoms. The molecule has 0 unspecified atom stereocenters. The summed E-state index contributed by atoms with van der Waals surface area (Å²) in [6, 6.07) is 173. The van der Waals surface area contributed by atoms with Crippen molar-refractivity contribution in [2.45, 2.75) is 0 Å². The average Bonchev–Trinajstić information content (AvgIpc) is 1.57. The molecule has 9 heterocycles. The molecular formula is C128H84N10. The van der Waals surface area contributed by atoms with Gasteiger partial charge in [0.15, 0.2) is 0 Å². The van der Waals surface area contributed by atoms with E-state index in [1.54, 1.807) is 0 Å². The molecule has 0 fully saturated rings. The number of aromatic nitrogens is 10. The maximum Gasteiger partial charge on any atom is 0.235 e. The smallest absolute Gasteiger partial charge is 0.235 e. The van der Waals surface area contributed by atoms with Gasteiger partial charge in [-0.3, -0.25) is 14.5 Å². The monoisotopic (exact) mass is 1760 g/mol. The van der Waals surface area contributed by atoms with Gasteiger partial charge >= 0.3 is 0 Å². The van der Waals surface area contributed by atoms with Crippen LogP contribution < -0.4 is 0 Å². The second-order valence-corrected chi connectivity index (χ2v) is 35.3. The first-order valence-electron chi connectivity index (χ1n) is 46.9. The van der Waals surface area contributed by atoms with E-state index >= 15 is 0 Å². The van der Waals surface area contributed by atoms with Crippen LogP contribution >= 0.6 is 0 Å². The van der Waals surface area contributed by atoms with Crippen molar-refractivity contribution >= 4 is 131 Å². The molecule has 0 saturated heterocycles. The van der Waals surface area contributed by atoms with Crippen molar-refractivity contribution in [1.29, 1.82) is 0 Å². The molecule has 0 N–H and O–H groups in total. The molecule has 0 aliphatic rings. The highest BCUT2D eigenvalue weighted by molar-refractivity contribution is 6.22. The Bertz CT molecular complexity index is 9260. The summed E-state index contributed by atoms with van der Waals surface area (Å²) in [5.74, 6) is 0.655. The lowest BCUT2D eigenvalue weighted by molar-refractivity contribution is 0.996. The van der Waals surface area contributed by atoms with Crippen LogP contribution in [-0.2, 0) is 0 Å². The standard InChI is InChI=1S/C47H31N3.C41H27N3.C40H26N4/c1-4-14-32(15-5-1)35-24-36(33-16-6-2-7-17-33)26-38(25-35)49-44-22-12-10-20-40(44)42-29-47-43(28-46(42)49)41-21-11-13-23-45(41)50(47)39-27-37(30-48-31-39)34-18-8-3-9-19-34;1-3-12-28(13-4-1)30-16-11-17-32(22-30)43-38-20-9-7-18-34(38)36-25-41-37(24-40(36)43)35-19-8-10-21-39(35)44(41)33-23-31(26-42-27-33)29-14-5-2-6-15-29;1-4-14-27(15-5-1)34-26-35(28-16-6-2-7-17-28)42-40(41-34)44-37-23-13-11-21-31(37)33-24-38-32(25-39(33)44)30-20-10-12-22-36(30)43(38)29-18-8-3-9-19-29/h1-31H;1-27H;1-26H. The molecule has 0 amide bonds. The van der Waals surface area contributed by atoms with Crippen molar-refractivity contribution in [2.75, 3.05) is 0 Å². The highest BCUT2D eigenvalue weighted by Gasteiger charge is 2.26. The Morgan fingerprint density at radius 3 is 0.696 bits per heavy atom. The van der Waals surface area contributed by atoms with Crippen LogP contribution in [0.4, 0.5) is 0 Å². The maximum atomic E-state index is 5.21. The Labute approximate surface area is 795 Å². The molecule has 19 aromatic carbocycles. The zero-order valence-electron chi connectivity index (χ0n) is 75.0. The van der Waals surface area contributed by atoms with Gasteiger partial charge in [0.25, 0.3) is 0 Å². The summed E-state index contributed by atoms with van der Waals surface area (Å²) >= 11 is 0. The fourth-order valence-electron chi connectivity index (χ4n) is 21.0. The van der Waals surface area contributed by atoms with Crippen LogP contribution in [0.1, 0.15) is 0 Å². The third-order valence-electron chi connectivity index (χ3n) is 27.2. The largest absolute Gasteiger partial charge is 0.309 e. The number of benzene rings is 19. The lowest BCUT2D eigenvalue weighted by Gasteiger charge is -2.14. The number of fused-ring (bicyclic) bond motifs is 18. The quantitative estimate of drug-likeness (QED) is 0.115. The fraction of sp³-hybridized carbons (Fsp3) is 0.